The third-order valence-electron chi connectivity index (χ3n) is 4.48. The van der Waals surface area contributed by atoms with Crippen LogP contribution in [0.5, 0.6) is 0 Å². The van der Waals surface area contributed by atoms with Crippen molar-refractivity contribution < 1.29 is 8.78 Å². The van der Waals surface area contributed by atoms with Gasteiger partial charge < -0.3 is 5.73 Å². The highest BCUT2D eigenvalue weighted by Gasteiger charge is 2.27. The Morgan fingerprint density at radius 1 is 1.43 bits per heavy atom. The molecule has 1 aliphatic rings. The quantitative estimate of drug-likeness (QED) is 0.875. The van der Waals surface area contributed by atoms with Crippen molar-refractivity contribution in [2.45, 2.75) is 31.8 Å². The fourth-order valence-corrected chi connectivity index (χ4v) is 3.29. The molecule has 2 N–H and O–H groups in total. The van der Waals surface area contributed by atoms with Crippen LogP contribution >= 0.6 is 0 Å². The maximum atomic E-state index is 14.0. The molecule has 1 aromatic carbocycles. The standard InChI is InChI=1S/C16H25F2N3/c1-3-21-8-4-5-13(21)11-20(2)16(10-19)14-9-12(17)6-7-15(14)18/h6-7,9,13,16H,3-5,8,10-11,19H2,1-2H3. The van der Waals surface area contributed by atoms with Gasteiger partial charge in [-0.05, 0) is 51.2 Å². The van der Waals surface area contributed by atoms with Gasteiger partial charge in [0.15, 0.2) is 0 Å². The highest BCUT2D eigenvalue weighted by atomic mass is 19.1. The van der Waals surface area contributed by atoms with Gasteiger partial charge >= 0.3 is 0 Å². The molecule has 2 rings (SSSR count). The second kappa shape index (κ2) is 7.29. The lowest BCUT2D eigenvalue weighted by atomic mass is 10.0. The molecule has 0 aromatic heterocycles. The van der Waals surface area contributed by atoms with Gasteiger partial charge in [-0.1, -0.05) is 6.92 Å². The lowest BCUT2D eigenvalue weighted by Gasteiger charge is -2.33. The summed E-state index contributed by atoms with van der Waals surface area (Å²) < 4.78 is 27.4. The minimum absolute atomic E-state index is 0.274. The molecule has 1 fully saturated rings. The monoisotopic (exact) mass is 297 g/mol. The summed E-state index contributed by atoms with van der Waals surface area (Å²) >= 11 is 0. The van der Waals surface area contributed by atoms with Gasteiger partial charge in [-0.2, -0.15) is 0 Å². The molecule has 21 heavy (non-hydrogen) atoms. The third-order valence-corrected chi connectivity index (χ3v) is 4.48. The van der Waals surface area contributed by atoms with Crippen LogP contribution in [0.25, 0.3) is 0 Å². The van der Waals surface area contributed by atoms with Crippen molar-refractivity contribution in [3.63, 3.8) is 0 Å². The van der Waals surface area contributed by atoms with Gasteiger partial charge in [0, 0.05) is 30.7 Å². The second-order valence-corrected chi connectivity index (χ2v) is 5.78. The molecule has 1 saturated heterocycles. The van der Waals surface area contributed by atoms with Gasteiger partial charge in [-0.3, -0.25) is 9.80 Å². The first-order valence-corrected chi connectivity index (χ1v) is 7.66. The van der Waals surface area contributed by atoms with Crippen molar-refractivity contribution in [2.75, 3.05) is 33.2 Å². The van der Waals surface area contributed by atoms with Crippen LogP contribution in [0, 0.1) is 11.6 Å². The Labute approximate surface area is 125 Å². The zero-order valence-corrected chi connectivity index (χ0v) is 12.9. The number of hydrogen-bond donors (Lipinski definition) is 1. The zero-order chi connectivity index (χ0) is 15.4. The summed E-state index contributed by atoms with van der Waals surface area (Å²) in [6.07, 6.45) is 2.36. The molecule has 0 aliphatic carbocycles. The van der Waals surface area contributed by atoms with Crippen molar-refractivity contribution in [2.24, 2.45) is 5.73 Å². The summed E-state index contributed by atoms with van der Waals surface area (Å²) in [7, 11) is 1.94. The largest absolute Gasteiger partial charge is 0.329 e. The average Bonchev–Trinajstić information content (AvgIpc) is 2.90. The van der Waals surface area contributed by atoms with Crippen LogP contribution in [-0.2, 0) is 0 Å². The van der Waals surface area contributed by atoms with Crippen LogP contribution in [0.1, 0.15) is 31.4 Å². The number of rotatable bonds is 6. The normalized spacial score (nSPS) is 21.1. The summed E-state index contributed by atoms with van der Waals surface area (Å²) in [4.78, 5) is 4.49. The lowest BCUT2D eigenvalue weighted by Crippen LogP contribution is -2.42. The number of likely N-dealkylation sites (tertiary alicyclic amines) is 1. The highest BCUT2D eigenvalue weighted by molar-refractivity contribution is 5.23. The van der Waals surface area contributed by atoms with E-state index >= 15 is 0 Å². The number of hydrogen-bond acceptors (Lipinski definition) is 3. The molecule has 118 valence electrons. The summed E-state index contributed by atoms with van der Waals surface area (Å²) in [5.41, 5.74) is 6.17. The van der Waals surface area contributed by atoms with Crippen LogP contribution in [-0.4, -0.2) is 49.1 Å². The second-order valence-electron chi connectivity index (χ2n) is 5.78. The fourth-order valence-electron chi connectivity index (χ4n) is 3.29. The topological polar surface area (TPSA) is 32.5 Å². The summed E-state index contributed by atoms with van der Waals surface area (Å²) in [5.74, 6) is -0.813. The Bertz CT molecular complexity index is 467. The predicted molar refractivity (Wildman–Crippen MR) is 81.1 cm³/mol. The van der Waals surface area contributed by atoms with E-state index in [9.17, 15) is 8.78 Å². The van der Waals surface area contributed by atoms with E-state index in [0.29, 0.717) is 11.6 Å². The van der Waals surface area contributed by atoms with Crippen molar-refractivity contribution in [1.29, 1.82) is 0 Å². The lowest BCUT2D eigenvalue weighted by molar-refractivity contribution is 0.163. The van der Waals surface area contributed by atoms with E-state index in [-0.39, 0.29) is 12.6 Å². The molecule has 3 nitrogen and oxygen atoms in total. The summed E-state index contributed by atoms with van der Waals surface area (Å²) in [6, 6.07) is 3.76. The minimum atomic E-state index is -0.422. The zero-order valence-electron chi connectivity index (χ0n) is 12.9. The van der Waals surface area contributed by atoms with Crippen LogP contribution < -0.4 is 5.73 Å². The first kappa shape index (κ1) is 16.3. The van der Waals surface area contributed by atoms with Crippen LogP contribution in [0.4, 0.5) is 8.78 Å². The predicted octanol–water partition coefficient (Wildman–Crippen LogP) is 2.38. The van der Waals surface area contributed by atoms with Crippen LogP contribution in [0.3, 0.4) is 0 Å². The number of likely N-dealkylation sites (N-methyl/N-ethyl adjacent to an activating group) is 2. The van der Waals surface area contributed by atoms with Crippen LogP contribution in [0.2, 0.25) is 0 Å². The molecule has 1 heterocycles. The Hall–Kier alpha value is -1.04. The molecule has 2 unspecified atom stereocenters. The first-order chi connectivity index (χ1) is 10.1. The Morgan fingerprint density at radius 3 is 2.86 bits per heavy atom. The van der Waals surface area contributed by atoms with Gasteiger partial charge in [0.2, 0.25) is 0 Å². The van der Waals surface area contributed by atoms with Crippen molar-refractivity contribution >= 4 is 0 Å². The smallest absolute Gasteiger partial charge is 0.128 e. The molecule has 0 bridgehead atoms. The van der Waals surface area contributed by atoms with E-state index in [4.69, 9.17) is 5.73 Å². The SMILES string of the molecule is CCN1CCCC1CN(C)C(CN)c1cc(F)ccc1F. The first-order valence-electron chi connectivity index (χ1n) is 7.66. The van der Waals surface area contributed by atoms with E-state index < -0.39 is 11.6 Å². The Morgan fingerprint density at radius 2 is 2.19 bits per heavy atom. The number of halogens is 2. The van der Waals surface area contributed by atoms with Crippen molar-refractivity contribution in [1.82, 2.24) is 9.80 Å². The van der Waals surface area contributed by atoms with Crippen LogP contribution in [0.15, 0.2) is 18.2 Å². The molecule has 0 saturated carbocycles. The molecule has 0 radical (unpaired) electrons. The third kappa shape index (κ3) is 3.78. The maximum absolute atomic E-state index is 14.0. The Kier molecular flexibility index (Phi) is 5.67. The number of benzene rings is 1. The fraction of sp³-hybridized carbons (Fsp3) is 0.625. The van der Waals surface area contributed by atoms with Gasteiger partial charge in [-0.25, -0.2) is 8.78 Å². The molecule has 1 aliphatic heterocycles. The highest BCUT2D eigenvalue weighted by Crippen LogP contribution is 2.25. The van der Waals surface area contributed by atoms with Gasteiger partial charge in [0.05, 0.1) is 0 Å². The van der Waals surface area contributed by atoms with Gasteiger partial charge in [-0.15, -0.1) is 0 Å². The van der Waals surface area contributed by atoms with Gasteiger partial charge in [0.25, 0.3) is 0 Å². The summed E-state index contributed by atoms with van der Waals surface area (Å²) in [5, 5.41) is 0. The van der Waals surface area contributed by atoms with E-state index in [1.54, 1.807) is 0 Å². The van der Waals surface area contributed by atoms with Gasteiger partial charge in [0.1, 0.15) is 11.6 Å². The van der Waals surface area contributed by atoms with Crippen molar-refractivity contribution in [3.05, 3.63) is 35.4 Å². The van der Waals surface area contributed by atoms with E-state index in [1.807, 2.05) is 7.05 Å². The summed E-state index contributed by atoms with van der Waals surface area (Å²) in [6.45, 7) is 5.41. The molecule has 5 heteroatoms. The minimum Gasteiger partial charge on any atom is -0.329 e. The van der Waals surface area contributed by atoms with E-state index in [0.717, 1.165) is 32.1 Å². The molecule has 2 atom stereocenters. The van der Waals surface area contributed by atoms with E-state index in [2.05, 4.69) is 16.7 Å². The molecule has 1 aromatic rings. The molecule has 0 amide bonds. The molecular weight excluding hydrogens is 272 g/mol. The van der Waals surface area contributed by atoms with E-state index in [1.165, 1.54) is 18.6 Å². The average molecular weight is 297 g/mol. The number of nitrogens with zero attached hydrogens (tertiary/aromatic N) is 2. The van der Waals surface area contributed by atoms with Crippen molar-refractivity contribution in [3.8, 4) is 0 Å². The maximum Gasteiger partial charge on any atom is 0.128 e. The molecule has 0 spiro atoms. The number of nitrogens with two attached hydrogens (primary N) is 1. The Balaban J connectivity index is 2.11. The molecular formula is C16H25F2N3.